The van der Waals surface area contributed by atoms with E-state index < -0.39 is 0 Å². The lowest BCUT2D eigenvalue weighted by Gasteiger charge is -2.06. The third-order valence-corrected chi connectivity index (χ3v) is 2.88. The van der Waals surface area contributed by atoms with E-state index in [-0.39, 0.29) is 5.91 Å². The fourth-order valence-corrected chi connectivity index (χ4v) is 1.56. The maximum atomic E-state index is 11.7. The molecular weight excluding hydrogens is 234 g/mol. The lowest BCUT2D eigenvalue weighted by Crippen LogP contribution is -2.24. The van der Waals surface area contributed by atoms with E-state index in [1.807, 2.05) is 6.92 Å². The van der Waals surface area contributed by atoms with Crippen molar-refractivity contribution in [3.8, 4) is 12.3 Å². The Morgan fingerprint density at radius 1 is 1.47 bits per heavy atom. The monoisotopic (exact) mass is 249 g/mol. The summed E-state index contributed by atoms with van der Waals surface area (Å²) in [7, 11) is 0. The maximum absolute atomic E-state index is 11.7. The highest BCUT2D eigenvalue weighted by atomic mass is 35.5. The third-order valence-electron chi connectivity index (χ3n) is 2.45. The molecule has 1 rings (SSSR count). The van der Waals surface area contributed by atoms with Crippen LogP contribution in [0.25, 0.3) is 0 Å². The molecule has 0 radical (unpaired) electrons. The molecule has 0 heterocycles. The van der Waals surface area contributed by atoms with Crippen LogP contribution in [0.4, 0.5) is 0 Å². The average Bonchev–Trinajstić information content (AvgIpc) is 2.32. The molecule has 3 heteroatoms. The molecule has 0 bridgehead atoms. The number of unbranched alkanes of at least 4 members (excludes halogenated alkanes) is 2. The van der Waals surface area contributed by atoms with Crippen molar-refractivity contribution in [2.24, 2.45) is 0 Å². The van der Waals surface area contributed by atoms with Gasteiger partial charge in [-0.1, -0.05) is 11.6 Å². The molecule has 90 valence electrons. The molecule has 17 heavy (non-hydrogen) atoms. The topological polar surface area (TPSA) is 29.1 Å². The van der Waals surface area contributed by atoms with Gasteiger partial charge in [0, 0.05) is 23.6 Å². The number of amides is 1. The minimum Gasteiger partial charge on any atom is -0.352 e. The molecule has 2 nitrogen and oxygen atoms in total. The highest BCUT2D eigenvalue weighted by Gasteiger charge is 2.05. The van der Waals surface area contributed by atoms with Crippen LogP contribution < -0.4 is 5.32 Å². The van der Waals surface area contributed by atoms with Crippen LogP contribution in [-0.2, 0) is 0 Å². The summed E-state index contributed by atoms with van der Waals surface area (Å²) >= 11 is 5.90. The molecule has 0 aliphatic rings. The molecule has 0 saturated carbocycles. The summed E-state index contributed by atoms with van der Waals surface area (Å²) in [5, 5.41) is 3.53. The lowest BCUT2D eigenvalue weighted by atomic mass is 10.1. The Bertz CT molecular complexity index is 434. The summed E-state index contributed by atoms with van der Waals surface area (Å²) in [6.07, 6.45) is 7.75. The minimum atomic E-state index is -0.0644. The summed E-state index contributed by atoms with van der Waals surface area (Å²) in [6, 6.07) is 5.26. The molecule has 0 aliphatic carbocycles. The number of carbonyl (C=O) groups excluding carboxylic acids is 1. The number of hydrogen-bond donors (Lipinski definition) is 1. The Hall–Kier alpha value is -1.46. The van der Waals surface area contributed by atoms with Gasteiger partial charge in [-0.3, -0.25) is 4.79 Å². The van der Waals surface area contributed by atoms with E-state index in [9.17, 15) is 4.79 Å². The van der Waals surface area contributed by atoms with Crippen molar-refractivity contribution in [2.75, 3.05) is 6.54 Å². The quantitative estimate of drug-likeness (QED) is 0.630. The number of carbonyl (C=O) groups is 1. The molecule has 1 N–H and O–H groups in total. The van der Waals surface area contributed by atoms with Crippen LogP contribution in [0.2, 0.25) is 5.02 Å². The number of benzene rings is 1. The summed E-state index contributed by atoms with van der Waals surface area (Å²) in [4.78, 5) is 11.7. The first-order chi connectivity index (χ1) is 8.15. The highest BCUT2D eigenvalue weighted by Crippen LogP contribution is 2.16. The fraction of sp³-hybridized carbons (Fsp3) is 0.357. The predicted molar refractivity (Wildman–Crippen MR) is 71.2 cm³/mol. The summed E-state index contributed by atoms with van der Waals surface area (Å²) in [5.41, 5.74) is 1.55. The summed E-state index contributed by atoms with van der Waals surface area (Å²) < 4.78 is 0. The zero-order chi connectivity index (χ0) is 12.7. The van der Waals surface area contributed by atoms with E-state index in [0.717, 1.165) is 24.8 Å². The SMILES string of the molecule is C#CCCCCNC(=O)c1ccc(Cl)c(C)c1. The van der Waals surface area contributed by atoms with Gasteiger partial charge in [-0.15, -0.1) is 12.3 Å². The number of rotatable bonds is 5. The van der Waals surface area contributed by atoms with Crippen LogP contribution in [0.15, 0.2) is 18.2 Å². The van der Waals surface area contributed by atoms with Crippen LogP contribution in [0, 0.1) is 19.3 Å². The fourth-order valence-electron chi connectivity index (χ4n) is 1.44. The zero-order valence-electron chi connectivity index (χ0n) is 9.92. The number of terminal acetylenes is 1. The van der Waals surface area contributed by atoms with Gasteiger partial charge in [0.25, 0.3) is 5.91 Å². The summed E-state index contributed by atoms with van der Waals surface area (Å²) in [5.74, 6) is 2.51. The smallest absolute Gasteiger partial charge is 0.251 e. The van der Waals surface area contributed by atoms with Crippen molar-refractivity contribution in [1.82, 2.24) is 5.32 Å². The Morgan fingerprint density at radius 3 is 2.88 bits per heavy atom. The molecule has 0 aliphatic heterocycles. The number of aryl methyl sites for hydroxylation is 1. The highest BCUT2D eigenvalue weighted by molar-refractivity contribution is 6.31. The number of nitrogens with one attached hydrogen (secondary N) is 1. The molecule has 0 saturated heterocycles. The first kappa shape index (κ1) is 13.6. The van der Waals surface area contributed by atoms with E-state index in [4.69, 9.17) is 18.0 Å². The second-order valence-electron chi connectivity index (χ2n) is 3.88. The number of halogens is 1. The van der Waals surface area contributed by atoms with Crippen molar-refractivity contribution in [2.45, 2.75) is 26.2 Å². The normalized spacial score (nSPS) is 9.71. The zero-order valence-corrected chi connectivity index (χ0v) is 10.7. The Labute approximate surface area is 107 Å². The van der Waals surface area contributed by atoms with Gasteiger partial charge in [-0.05, 0) is 43.5 Å². The predicted octanol–water partition coefficient (Wildman–Crippen LogP) is 3.18. The first-order valence-corrected chi connectivity index (χ1v) is 6.00. The summed E-state index contributed by atoms with van der Waals surface area (Å²) in [6.45, 7) is 2.54. The number of hydrogen-bond acceptors (Lipinski definition) is 1. The van der Waals surface area contributed by atoms with Gasteiger partial charge in [-0.25, -0.2) is 0 Å². The first-order valence-electron chi connectivity index (χ1n) is 5.63. The van der Waals surface area contributed by atoms with E-state index in [2.05, 4.69) is 11.2 Å². The van der Waals surface area contributed by atoms with Crippen molar-refractivity contribution in [3.05, 3.63) is 34.3 Å². The van der Waals surface area contributed by atoms with Crippen molar-refractivity contribution in [3.63, 3.8) is 0 Å². The van der Waals surface area contributed by atoms with E-state index >= 15 is 0 Å². The second kappa shape index (κ2) is 6.98. The molecule has 0 spiro atoms. The molecule has 0 unspecified atom stereocenters. The van der Waals surface area contributed by atoms with Crippen molar-refractivity contribution < 1.29 is 4.79 Å². The van der Waals surface area contributed by atoms with E-state index in [0.29, 0.717) is 17.1 Å². The molecule has 1 aromatic carbocycles. The van der Waals surface area contributed by atoms with Gasteiger partial charge >= 0.3 is 0 Å². The van der Waals surface area contributed by atoms with Gasteiger partial charge in [0.05, 0.1) is 0 Å². The second-order valence-corrected chi connectivity index (χ2v) is 4.29. The van der Waals surface area contributed by atoms with Gasteiger partial charge in [0.2, 0.25) is 0 Å². The molecular formula is C14H16ClNO. The van der Waals surface area contributed by atoms with Crippen LogP contribution in [0.1, 0.15) is 35.2 Å². The van der Waals surface area contributed by atoms with Gasteiger partial charge < -0.3 is 5.32 Å². The van der Waals surface area contributed by atoms with E-state index in [1.54, 1.807) is 18.2 Å². The van der Waals surface area contributed by atoms with Gasteiger partial charge in [-0.2, -0.15) is 0 Å². The lowest BCUT2D eigenvalue weighted by molar-refractivity contribution is 0.0953. The molecule has 0 fully saturated rings. The Morgan fingerprint density at radius 2 is 2.24 bits per heavy atom. The minimum absolute atomic E-state index is 0.0644. The van der Waals surface area contributed by atoms with Gasteiger partial charge in [0.1, 0.15) is 0 Å². The maximum Gasteiger partial charge on any atom is 0.251 e. The molecule has 1 aromatic rings. The van der Waals surface area contributed by atoms with Crippen LogP contribution in [0.5, 0.6) is 0 Å². The van der Waals surface area contributed by atoms with Crippen molar-refractivity contribution >= 4 is 17.5 Å². The Balaban J connectivity index is 2.42. The Kier molecular flexibility index (Phi) is 5.59. The van der Waals surface area contributed by atoms with Gasteiger partial charge in [0.15, 0.2) is 0 Å². The van der Waals surface area contributed by atoms with E-state index in [1.165, 1.54) is 0 Å². The largest absolute Gasteiger partial charge is 0.352 e. The average molecular weight is 250 g/mol. The standard InChI is InChI=1S/C14H16ClNO/c1-3-4-5-6-9-16-14(17)12-7-8-13(15)11(2)10-12/h1,7-8,10H,4-6,9H2,2H3,(H,16,17). The molecule has 0 aromatic heterocycles. The van der Waals surface area contributed by atoms with Crippen LogP contribution in [-0.4, -0.2) is 12.5 Å². The van der Waals surface area contributed by atoms with Crippen molar-refractivity contribution in [1.29, 1.82) is 0 Å². The molecule has 1 amide bonds. The third kappa shape index (κ3) is 4.50. The molecule has 0 atom stereocenters. The van der Waals surface area contributed by atoms with Crippen LogP contribution >= 0.6 is 11.6 Å². The van der Waals surface area contributed by atoms with Crippen LogP contribution in [0.3, 0.4) is 0 Å².